The van der Waals surface area contributed by atoms with Gasteiger partial charge in [0.25, 0.3) is 0 Å². The lowest BCUT2D eigenvalue weighted by molar-refractivity contribution is 0.408. The van der Waals surface area contributed by atoms with Gasteiger partial charge in [0.1, 0.15) is 0 Å². The number of benzene rings is 1. The standard InChI is InChI=1S/C19H26N2/c1-2-14-4-3-5-17-10-12-21(19(14)17)13-11-20-18(15-6-7-15)16-8-9-16/h3-5,10,12,15-16,18,20H,2,6-9,11,13H2,1H3. The maximum Gasteiger partial charge on any atom is 0.0513 e. The molecular weight excluding hydrogens is 256 g/mol. The van der Waals surface area contributed by atoms with Crippen LogP contribution in [-0.2, 0) is 13.0 Å². The third-order valence-corrected chi connectivity index (χ3v) is 5.25. The molecule has 1 N–H and O–H groups in total. The zero-order valence-corrected chi connectivity index (χ0v) is 13.0. The van der Waals surface area contributed by atoms with Gasteiger partial charge in [-0.15, -0.1) is 0 Å². The Labute approximate surface area is 127 Å². The summed E-state index contributed by atoms with van der Waals surface area (Å²) in [6.45, 7) is 4.45. The molecule has 112 valence electrons. The van der Waals surface area contributed by atoms with Gasteiger partial charge in [-0.1, -0.05) is 25.1 Å². The molecule has 2 aliphatic rings. The number of nitrogens with one attached hydrogen (secondary N) is 1. The van der Waals surface area contributed by atoms with E-state index in [1.807, 2.05) is 0 Å². The molecule has 0 amide bonds. The zero-order chi connectivity index (χ0) is 14.2. The topological polar surface area (TPSA) is 17.0 Å². The predicted molar refractivity (Wildman–Crippen MR) is 88.6 cm³/mol. The lowest BCUT2D eigenvalue weighted by Crippen LogP contribution is -2.35. The highest BCUT2D eigenvalue weighted by atomic mass is 15.0. The van der Waals surface area contributed by atoms with Gasteiger partial charge >= 0.3 is 0 Å². The first-order valence-corrected chi connectivity index (χ1v) is 8.67. The zero-order valence-electron chi connectivity index (χ0n) is 13.0. The van der Waals surface area contributed by atoms with Gasteiger partial charge < -0.3 is 9.88 Å². The van der Waals surface area contributed by atoms with Crippen molar-refractivity contribution in [3.05, 3.63) is 36.0 Å². The average molecular weight is 282 g/mol. The van der Waals surface area contributed by atoms with E-state index < -0.39 is 0 Å². The molecule has 2 saturated carbocycles. The van der Waals surface area contributed by atoms with E-state index in [0.29, 0.717) is 0 Å². The van der Waals surface area contributed by atoms with Crippen molar-refractivity contribution >= 4 is 10.9 Å². The summed E-state index contributed by atoms with van der Waals surface area (Å²) < 4.78 is 2.44. The van der Waals surface area contributed by atoms with E-state index in [0.717, 1.165) is 37.4 Å². The van der Waals surface area contributed by atoms with Crippen LogP contribution in [0.5, 0.6) is 0 Å². The van der Waals surface area contributed by atoms with Crippen LogP contribution in [0.2, 0.25) is 0 Å². The lowest BCUT2D eigenvalue weighted by Gasteiger charge is -2.18. The normalized spacial score (nSPS) is 18.8. The Morgan fingerprint density at radius 2 is 1.90 bits per heavy atom. The van der Waals surface area contributed by atoms with E-state index in [1.54, 1.807) is 0 Å². The van der Waals surface area contributed by atoms with E-state index >= 15 is 0 Å². The fourth-order valence-corrected chi connectivity index (χ4v) is 3.79. The van der Waals surface area contributed by atoms with Crippen molar-refractivity contribution < 1.29 is 0 Å². The number of fused-ring (bicyclic) bond motifs is 1. The van der Waals surface area contributed by atoms with E-state index in [9.17, 15) is 0 Å². The summed E-state index contributed by atoms with van der Waals surface area (Å²) in [6.07, 6.45) is 9.21. The fraction of sp³-hybridized carbons (Fsp3) is 0.579. The average Bonchev–Trinajstić information content (AvgIpc) is 3.42. The minimum absolute atomic E-state index is 0.817. The smallest absolute Gasteiger partial charge is 0.0513 e. The molecule has 0 radical (unpaired) electrons. The lowest BCUT2D eigenvalue weighted by atomic mass is 10.1. The largest absolute Gasteiger partial charge is 0.346 e. The second-order valence-corrected chi connectivity index (χ2v) is 6.87. The molecule has 1 aromatic carbocycles. The van der Waals surface area contributed by atoms with Crippen LogP contribution in [0, 0.1) is 11.8 Å². The number of hydrogen-bond acceptors (Lipinski definition) is 1. The molecule has 2 fully saturated rings. The molecule has 4 rings (SSSR count). The van der Waals surface area contributed by atoms with Crippen LogP contribution in [0.25, 0.3) is 10.9 Å². The van der Waals surface area contributed by atoms with Crippen molar-refractivity contribution in [1.29, 1.82) is 0 Å². The van der Waals surface area contributed by atoms with Gasteiger partial charge in [0, 0.05) is 25.3 Å². The van der Waals surface area contributed by atoms with Crippen LogP contribution in [0.15, 0.2) is 30.5 Å². The highest BCUT2D eigenvalue weighted by Crippen LogP contribution is 2.44. The third-order valence-electron chi connectivity index (χ3n) is 5.25. The predicted octanol–water partition coefficient (Wildman–Crippen LogP) is 3.98. The summed E-state index contributed by atoms with van der Waals surface area (Å²) in [4.78, 5) is 0. The Morgan fingerprint density at radius 1 is 1.14 bits per heavy atom. The van der Waals surface area contributed by atoms with E-state index in [2.05, 4.69) is 47.3 Å². The van der Waals surface area contributed by atoms with Crippen LogP contribution < -0.4 is 5.32 Å². The van der Waals surface area contributed by atoms with Crippen molar-refractivity contribution in [3.8, 4) is 0 Å². The first kappa shape index (κ1) is 13.4. The molecule has 0 atom stereocenters. The molecule has 1 heterocycles. The maximum atomic E-state index is 3.86. The van der Waals surface area contributed by atoms with Crippen molar-refractivity contribution in [2.24, 2.45) is 11.8 Å². The first-order chi connectivity index (χ1) is 10.4. The fourth-order valence-electron chi connectivity index (χ4n) is 3.79. The summed E-state index contributed by atoms with van der Waals surface area (Å²) in [5.74, 6) is 1.98. The second-order valence-electron chi connectivity index (χ2n) is 6.87. The van der Waals surface area contributed by atoms with Gasteiger partial charge in [0.2, 0.25) is 0 Å². The van der Waals surface area contributed by atoms with Crippen LogP contribution >= 0.6 is 0 Å². The van der Waals surface area contributed by atoms with Crippen LogP contribution in [0.1, 0.15) is 38.2 Å². The maximum absolute atomic E-state index is 3.86. The molecule has 0 saturated heterocycles. The minimum atomic E-state index is 0.817. The van der Waals surface area contributed by atoms with Crippen LogP contribution in [-0.4, -0.2) is 17.2 Å². The Bertz CT molecular complexity index is 608. The van der Waals surface area contributed by atoms with Crippen molar-refractivity contribution in [2.75, 3.05) is 6.54 Å². The number of para-hydroxylation sites is 1. The highest BCUT2D eigenvalue weighted by molar-refractivity contribution is 5.83. The molecule has 0 spiro atoms. The van der Waals surface area contributed by atoms with E-state index in [-0.39, 0.29) is 0 Å². The van der Waals surface area contributed by atoms with Crippen molar-refractivity contribution in [1.82, 2.24) is 9.88 Å². The van der Waals surface area contributed by atoms with Gasteiger partial charge in [-0.05, 0) is 61.0 Å². The molecule has 1 aromatic heterocycles. The summed E-state index contributed by atoms with van der Waals surface area (Å²) >= 11 is 0. The number of aryl methyl sites for hydroxylation is 1. The number of aromatic nitrogens is 1. The van der Waals surface area contributed by atoms with Gasteiger partial charge in [-0.3, -0.25) is 0 Å². The molecule has 0 unspecified atom stereocenters. The Balaban J connectivity index is 1.44. The van der Waals surface area contributed by atoms with E-state index in [1.165, 1.54) is 42.1 Å². The highest BCUT2D eigenvalue weighted by Gasteiger charge is 2.40. The van der Waals surface area contributed by atoms with Crippen molar-refractivity contribution in [2.45, 2.75) is 51.6 Å². The number of hydrogen-bond donors (Lipinski definition) is 1. The summed E-state index contributed by atoms with van der Waals surface area (Å²) in [6, 6.07) is 9.75. The summed E-state index contributed by atoms with van der Waals surface area (Å²) in [7, 11) is 0. The second kappa shape index (κ2) is 5.49. The molecule has 2 aliphatic carbocycles. The Kier molecular flexibility index (Phi) is 3.50. The van der Waals surface area contributed by atoms with Gasteiger partial charge in [-0.25, -0.2) is 0 Å². The minimum Gasteiger partial charge on any atom is -0.346 e. The monoisotopic (exact) mass is 282 g/mol. The molecule has 21 heavy (non-hydrogen) atoms. The molecular formula is C19H26N2. The molecule has 0 bridgehead atoms. The first-order valence-electron chi connectivity index (χ1n) is 8.67. The molecule has 2 heteroatoms. The molecule has 0 aliphatic heterocycles. The number of rotatable bonds is 7. The van der Waals surface area contributed by atoms with Gasteiger partial charge in [0.15, 0.2) is 0 Å². The van der Waals surface area contributed by atoms with Crippen molar-refractivity contribution in [3.63, 3.8) is 0 Å². The summed E-state index contributed by atoms with van der Waals surface area (Å²) in [5.41, 5.74) is 2.91. The number of nitrogens with zero attached hydrogens (tertiary/aromatic N) is 1. The summed E-state index contributed by atoms with van der Waals surface area (Å²) in [5, 5.41) is 5.25. The third kappa shape index (κ3) is 2.74. The van der Waals surface area contributed by atoms with E-state index in [4.69, 9.17) is 0 Å². The Hall–Kier alpha value is -1.28. The van der Waals surface area contributed by atoms with Crippen LogP contribution in [0.4, 0.5) is 0 Å². The van der Waals surface area contributed by atoms with Crippen LogP contribution in [0.3, 0.4) is 0 Å². The molecule has 2 nitrogen and oxygen atoms in total. The SMILES string of the molecule is CCc1cccc2ccn(CCNC(C3CC3)C3CC3)c12. The Morgan fingerprint density at radius 3 is 2.57 bits per heavy atom. The quantitative estimate of drug-likeness (QED) is 0.812. The van der Waals surface area contributed by atoms with Gasteiger partial charge in [-0.2, -0.15) is 0 Å². The molecule has 2 aromatic rings. The van der Waals surface area contributed by atoms with Gasteiger partial charge in [0.05, 0.1) is 5.52 Å².